The first-order valence-electron chi connectivity index (χ1n) is 8.44. The first-order valence-corrected chi connectivity index (χ1v) is 9.26. The van der Waals surface area contributed by atoms with Crippen molar-refractivity contribution in [1.29, 1.82) is 0 Å². The number of para-hydroxylation sites is 1. The topological polar surface area (TPSA) is 96.0 Å². The molecule has 140 valence electrons. The lowest BCUT2D eigenvalue weighted by Crippen LogP contribution is -2.48. The average molecular weight is 375 g/mol. The molecule has 7 nitrogen and oxygen atoms in total. The Kier molecular flexibility index (Phi) is 6.31. The number of rotatable bonds is 5. The minimum absolute atomic E-state index is 0.0912. The van der Waals surface area contributed by atoms with E-state index in [4.69, 9.17) is 0 Å². The molecular formula is C18H25N5O2S. The Balaban J connectivity index is 2.01. The molecule has 0 aliphatic heterocycles. The van der Waals surface area contributed by atoms with E-state index >= 15 is 0 Å². The molecule has 1 heterocycles. The molecule has 2 rings (SSSR count). The number of carbonyl (C=O) groups is 2. The van der Waals surface area contributed by atoms with Gasteiger partial charge in [0.15, 0.2) is 0 Å². The predicted molar refractivity (Wildman–Crippen MR) is 104 cm³/mol. The highest BCUT2D eigenvalue weighted by molar-refractivity contribution is 7.15. The first-order chi connectivity index (χ1) is 12.2. The predicted octanol–water partition coefficient (Wildman–Crippen LogP) is 3.62. The van der Waals surface area contributed by atoms with Gasteiger partial charge in [-0.15, -0.1) is 10.2 Å². The summed E-state index contributed by atoms with van der Waals surface area (Å²) < 4.78 is 0. The van der Waals surface area contributed by atoms with E-state index in [1.165, 1.54) is 11.3 Å². The maximum absolute atomic E-state index is 12.6. The van der Waals surface area contributed by atoms with Crippen molar-refractivity contribution in [3.8, 4) is 0 Å². The van der Waals surface area contributed by atoms with Gasteiger partial charge >= 0.3 is 6.03 Å². The molecule has 0 bridgehead atoms. The third-order valence-electron chi connectivity index (χ3n) is 3.56. The van der Waals surface area contributed by atoms with Crippen LogP contribution in [0.4, 0.5) is 15.6 Å². The summed E-state index contributed by atoms with van der Waals surface area (Å²) in [4.78, 5) is 24.8. The van der Waals surface area contributed by atoms with Gasteiger partial charge < -0.3 is 10.6 Å². The molecule has 26 heavy (non-hydrogen) atoms. The number of nitrogens with one attached hydrogen (secondary N) is 3. The largest absolute Gasteiger partial charge is 0.326 e. The SMILES string of the molecule is CC(C)C(NC(=O)Nc1ccccc1)C(=O)Nc1nnc(C(C)(C)C)s1. The van der Waals surface area contributed by atoms with Crippen molar-refractivity contribution >= 4 is 34.1 Å². The quantitative estimate of drug-likeness (QED) is 0.744. The van der Waals surface area contributed by atoms with Crippen LogP contribution in [0.3, 0.4) is 0 Å². The molecular weight excluding hydrogens is 350 g/mol. The zero-order valence-electron chi connectivity index (χ0n) is 15.7. The maximum atomic E-state index is 12.6. The van der Waals surface area contributed by atoms with E-state index in [1.807, 2.05) is 52.8 Å². The molecule has 0 radical (unpaired) electrons. The van der Waals surface area contributed by atoms with Crippen LogP contribution in [0.25, 0.3) is 0 Å². The van der Waals surface area contributed by atoms with Crippen LogP contribution in [-0.2, 0) is 10.2 Å². The van der Waals surface area contributed by atoms with Gasteiger partial charge in [0.1, 0.15) is 11.0 Å². The fourth-order valence-electron chi connectivity index (χ4n) is 2.12. The number of hydrogen-bond acceptors (Lipinski definition) is 5. The summed E-state index contributed by atoms with van der Waals surface area (Å²) in [6.07, 6.45) is 0. The van der Waals surface area contributed by atoms with Crippen molar-refractivity contribution in [2.45, 2.75) is 46.1 Å². The van der Waals surface area contributed by atoms with Crippen LogP contribution in [0.2, 0.25) is 0 Å². The van der Waals surface area contributed by atoms with Gasteiger partial charge in [0.05, 0.1) is 0 Å². The molecule has 2 aromatic rings. The van der Waals surface area contributed by atoms with Crippen molar-refractivity contribution in [3.63, 3.8) is 0 Å². The zero-order chi connectivity index (χ0) is 19.3. The molecule has 3 amide bonds. The highest BCUT2D eigenvalue weighted by atomic mass is 32.1. The highest BCUT2D eigenvalue weighted by Gasteiger charge is 2.26. The third-order valence-corrected chi connectivity index (χ3v) is 4.83. The summed E-state index contributed by atoms with van der Waals surface area (Å²) in [7, 11) is 0. The van der Waals surface area contributed by atoms with Crippen molar-refractivity contribution in [2.75, 3.05) is 10.6 Å². The fourth-order valence-corrected chi connectivity index (χ4v) is 2.93. The standard InChI is InChI=1S/C18H25N5O2S/c1-11(2)13(20-16(25)19-12-9-7-6-8-10-12)14(24)21-17-23-22-15(26-17)18(3,4)5/h6-11,13H,1-5H3,(H2,19,20,25)(H,21,23,24). The van der Waals surface area contributed by atoms with Gasteiger partial charge in [-0.05, 0) is 18.1 Å². The molecule has 1 aromatic heterocycles. The molecule has 1 unspecified atom stereocenters. The lowest BCUT2D eigenvalue weighted by Gasteiger charge is -2.21. The Morgan fingerprint density at radius 3 is 2.23 bits per heavy atom. The summed E-state index contributed by atoms with van der Waals surface area (Å²) in [6, 6.07) is 7.94. The summed E-state index contributed by atoms with van der Waals surface area (Å²) in [5.74, 6) is -0.411. The van der Waals surface area contributed by atoms with Crippen molar-refractivity contribution in [1.82, 2.24) is 15.5 Å². The van der Waals surface area contributed by atoms with E-state index < -0.39 is 12.1 Å². The number of anilines is 2. The van der Waals surface area contributed by atoms with Crippen LogP contribution in [0.15, 0.2) is 30.3 Å². The number of benzene rings is 1. The lowest BCUT2D eigenvalue weighted by molar-refractivity contribution is -0.118. The molecule has 0 saturated heterocycles. The summed E-state index contributed by atoms with van der Waals surface area (Å²) in [5, 5.41) is 17.6. The van der Waals surface area contributed by atoms with Gasteiger partial charge in [-0.25, -0.2) is 4.79 Å². The number of carbonyl (C=O) groups excluding carboxylic acids is 2. The minimum atomic E-state index is -0.694. The molecule has 1 atom stereocenters. The molecule has 0 aliphatic carbocycles. The number of urea groups is 1. The Hall–Kier alpha value is -2.48. The monoisotopic (exact) mass is 375 g/mol. The Bertz CT molecular complexity index is 752. The summed E-state index contributed by atoms with van der Waals surface area (Å²) in [5.41, 5.74) is 0.526. The second-order valence-electron chi connectivity index (χ2n) is 7.34. The Labute approximate surface area is 157 Å². The van der Waals surface area contributed by atoms with Gasteiger partial charge in [0.2, 0.25) is 11.0 Å². The number of aromatic nitrogens is 2. The van der Waals surface area contributed by atoms with Crippen LogP contribution in [0, 0.1) is 5.92 Å². The van der Waals surface area contributed by atoms with Gasteiger partial charge in [-0.3, -0.25) is 10.1 Å². The first kappa shape index (κ1) is 19.8. The van der Waals surface area contributed by atoms with Gasteiger partial charge in [-0.1, -0.05) is 64.2 Å². The average Bonchev–Trinajstić information content (AvgIpc) is 3.02. The van der Waals surface area contributed by atoms with Crippen LogP contribution < -0.4 is 16.0 Å². The second kappa shape index (κ2) is 8.27. The molecule has 0 fully saturated rings. The fraction of sp³-hybridized carbons (Fsp3) is 0.444. The van der Waals surface area contributed by atoms with Crippen LogP contribution in [-0.4, -0.2) is 28.2 Å². The van der Waals surface area contributed by atoms with Gasteiger partial charge in [0.25, 0.3) is 0 Å². The van der Waals surface area contributed by atoms with Crippen LogP contribution in [0.5, 0.6) is 0 Å². The molecule has 0 spiro atoms. The Morgan fingerprint density at radius 1 is 1.04 bits per heavy atom. The Morgan fingerprint density at radius 2 is 1.69 bits per heavy atom. The third kappa shape index (κ3) is 5.52. The van der Waals surface area contributed by atoms with E-state index in [-0.39, 0.29) is 17.2 Å². The zero-order valence-corrected chi connectivity index (χ0v) is 16.5. The van der Waals surface area contributed by atoms with Gasteiger partial charge in [-0.2, -0.15) is 0 Å². The number of amides is 3. The van der Waals surface area contributed by atoms with E-state index in [0.717, 1.165) is 5.01 Å². The molecule has 0 aliphatic rings. The molecule has 3 N–H and O–H groups in total. The van der Waals surface area contributed by atoms with E-state index in [1.54, 1.807) is 12.1 Å². The smallest absolute Gasteiger partial charge is 0.319 e. The molecule has 8 heteroatoms. The summed E-state index contributed by atoms with van der Waals surface area (Å²) >= 11 is 1.34. The maximum Gasteiger partial charge on any atom is 0.319 e. The van der Waals surface area contributed by atoms with E-state index in [0.29, 0.717) is 10.8 Å². The molecule has 0 saturated carbocycles. The number of hydrogen-bond donors (Lipinski definition) is 3. The van der Waals surface area contributed by atoms with Crippen LogP contribution in [0.1, 0.15) is 39.6 Å². The second-order valence-corrected chi connectivity index (χ2v) is 8.32. The van der Waals surface area contributed by atoms with E-state index in [9.17, 15) is 9.59 Å². The minimum Gasteiger partial charge on any atom is -0.326 e. The normalized spacial score (nSPS) is 12.5. The van der Waals surface area contributed by atoms with Crippen LogP contribution >= 0.6 is 11.3 Å². The summed E-state index contributed by atoms with van der Waals surface area (Å²) in [6.45, 7) is 9.84. The highest BCUT2D eigenvalue weighted by Crippen LogP contribution is 2.27. The lowest BCUT2D eigenvalue weighted by atomic mass is 9.98. The van der Waals surface area contributed by atoms with Gasteiger partial charge in [0, 0.05) is 11.1 Å². The van der Waals surface area contributed by atoms with Crippen molar-refractivity contribution in [3.05, 3.63) is 35.3 Å². The van der Waals surface area contributed by atoms with E-state index in [2.05, 4.69) is 26.1 Å². The number of nitrogens with zero attached hydrogens (tertiary/aromatic N) is 2. The van der Waals surface area contributed by atoms with Crippen molar-refractivity contribution < 1.29 is 9.59 Å². The molecule has 1 aromatic carbocycles. The van der Waals surface area contributed by atoms with Crippen molar-refractivity contribution in [2.24, 2.45) is 5.92 Å².